The van der Waals surface area contributed by atoms with Crippen LogP contribution in [0.2, 0.25) is 0 Å². The molecule has 5 heteroatoms. The van der Waals surface area contributed by atoms with Crippen molar-refractivity contribution in [1.82, 2.24) is 4.57 Å². The number of ether oxygens (including phenoxy) is 1. The third-order valence-electron chi connectivity index (χ3n) is 5.38. The number of aromatic nitrogens is 2. The molecule has 1 N–H and O–H groups in total. The van der Waals surface area contributed by atoms with E-state index in [4.69, 9.17) is 9.73 Å². The highest BCUT2D eigenvalue weighted by Gasteiger charge is 2.47. The van der Waals surface area contributed by atoms with E-state index in [0.29, 0.717) is 22.8 Å². The van der Waals surface area contributed by atoms with Crippen LogP contribution >= 0.6 is 0 Å². The number of para-hydroxylation sites is 1. The van der Waals surface area contributed by atoms with Crippen molar-refractivity contribution in [2.75, 3.05) is 7.11 Å². The van der Waals surface area contributed by atoms with Gasteiger partial charge in [0.2, 0.25) is 5.60 Å². The van der Waals surface area contributed by atoms with E-state index in [1.165, 1.54) is 0 Å². The molecule has 5 nitrogen and oxygen atoms in total. The zero-order valence-corrected chi connectivity index (χ0v) is 17.9. The lowest BCUT2D eigenvalue weighted by atomic mass is 9.83. The zero-order chi connectivity index (χ0) is 21.8. The molecule has 1 aromatic heterocycles. The normalized spacial score (nSPS) is 13.6. The third kappa shape index (κ3) is 3.88. The first-order valence-corrected chi connectivity index (χ1v) is 10.1. The van der Waals surface area contributed by atoms with Gasteiger partial charge in [-0.1, -0.05) is 60.7 Å². The summed E-state index contributed by atoms with van der Waals surface area (Å²) < 4.78 is 9.31. The summed E-state index contributed by atoms with van der Waals surface area (Å²) in [5.74, 6) is 1.35. The van der Waals surface area contributed by atoms with E-state index >= 15 is 0 Å². The average molecular weight is 413 g/mol. The Hall–Kier alpha value is -3.70. The van der Waals surface area contributed by atoms with Gasteiger partial charge in [-0.05, 0) is 29.8 Å². The Balaban J connectivity index is 2.07. The van der Waals surface area contributed by atoms with Crippen LogP contribution in [-0.4, -0.2) is 22.5 Å². The highest BCUT2D eigenvalue weighted by molar-refractivity contribution is 6.09. The smallest absolute Gasteiger partial charge is 0.299 e. The molecule has 0 amide bonds. The van der Waals surface area contributed by atoms with Crippen LogP contribution in [0.1, 0.15) is 17.0 Å². The number of aliphatic imine (C=N–C) groups is 1. The topological polar surface area (TPSA) is 50.6 Å². The number of aryl methyl sites for hydroxylation is 2. The molecule has 0 aliphatic carbocycles. The molecule has 1 atom stereocenters. The maximum absolute atomic E-state index is 12.6. The van der Waals surface area contributed by atoms with Crippen molar-refractivity contribution >= 4 is 11.4 Å². The molecule has 1 unspecified atom stereocenters. The number of methoxy groups -OCH3 is 1. The summed E-state index contributed by atoms with van der Waals surface area (Å²) in [4.78, 5) is 4.97. The van der Waals surface area contributed by atoms with E-state index in [1.54, 1.807) is 7.11 Å². The highest BCUT2D eigenvalue weighted by Crippen LogP contribution is 2.35. The van der Waals surface area contributed by atoms with Crippen LogP contribution in [0.15, 0.2) is 102 Å². The molecule has 0 saturated heterocycles. The van der Waals surface area contributed by atoms with Gasteiger partial charge in [-0.2, -0.15) is 0 Å². The van der Waals surface area contributed by atoms with E-state index in [-0.39, 0.29) is 0 Å². The van der Waals surface area contributed by atoms with Gasteiger partial charge in [0.25, 0.3) is 5.82 Å². The van der Waals surface area contributed by atoms with Crippen molar-refractivity contribution < 1.29 is 14.4 Å². The van der Waals surface area contributed by atoms with Crippen LogP contribution in [0.25, 0.3) is 0 Å². The predicted molar refractivity (Wildman–Crippen MR) is 122 cm³/mol. The van der Waals surface area contributed by atoms with Crippen molar-refractivity contribution in [2.24, 2.45) is 19.1 Å². The minimum Gasteiger partial charge on any atom is -0.497 e. The molecular formula is C26H26N3O2+. The molecule has 0 saturated carbocycles. The summed E-state index contributed by atoms with van der Waals surface area (Å²) in [6, 6.07) is 27.0. The fourth-order valence-corrected chi connectivity index (χ4v) is 3.90. The molecule has 0 aliphatic heterocycles. The Labute approximate surface area is 182 Å². The first-order chi connectivity index (χ1) is 15.0. The fourth-order valence-electron chi connectivity index (χ4n) is 3.90. The maximum Gasteiger partial charge on any atom is 0.299 e. The Morgan fingerprint density at radius 1 is 0.968 bits per heavy atom. The van der Waals surface area contributed by atoms with Crippen LogP contribution in [-0.2, 0) is 19.7 Å². The second kappa shape index (κ2) is 8.58. The number of aliphatic hydroxyl groups is 1. The van der Waals surface area contributed by atoms with Gasteiger partial charge in [0.05, 0.1) is 32.6 Å². The van der Waals surface area contributed by atoms with Crippen molar-refractivity contribution in [3.05, 3.63) is 114 Å². The van der Waals surface area contributed by atoms with Gasteiger partial charge < -0.3 is 9.84 Å². The Bertz CT molecular complexity index is 1180. The minimum atomic E-state index is -1.54. The van der Waals surface area contributed by atoms with E-state index < -0.39 is 5.60 Å². The number of nitrogens with zero attached hydrogens (tertiary/aromatic N) is 3. The van der Waals surface area contributed by atoms with Crippen LogP contribution < -0.4 is 9.30 Å². The third-order valence-corrected chi connectivity index (χ3v) is 5.38. The molecule has 0 aliphatic rings. The Morgan fingerprint density at radius 2 is 1.65 bits per heavy atom. The van der Waals surface area contributed by atoms with Gasteiger partial charge in [-0.15, -0.1) is 0 Å². The van der Waals surface area contributed by atoms with Gasteiger partial charge in [0, 0.05) is 5.56 Å². The molecule has 0 spiro atoms. The lowest BCUT2D eigenvalue weighted by molar-refractivity contribution is -0.683. The predicted octanol–water partition coefficient (Wildman–Crippen LogP) is 3.92. The quantitative estimate of drug-likeness (QED) is 0.386. The number of rotatable bonds is 6. The summed E-state index contributed by atoms with van der Waals surface area (Å²) >= 11 is 0. The van der Waals surface area contributed by atoms with Gasteiger partial charge in [-0.3, -0.25) is 0 Å². The van der Waals surface area contributed by atoms with Crippen LogP contribution in [0.4, 0.5) is 5.69 Å². The zero-order valence-electron chi connectivity index (χ0n) is 17.9. The van der Waals surface area contributed by atoms with Crippen molar-refractivity contribution in [3.63, 3.8) is 0 Å². The van der Waals surface area contributed by atoms with Gasteiger partial charge in [-0.25, -0.2) is 14.1 Å². The molecule has 0 fully saturated rings. The average Bonchev–Trinajstić information content (AvgIpc) is 3.16. The first kappa shape index (κ1) is 20.6. The number of hydrogen-bond acceptors (Lipinski definition) is 3. The maximum atomic E-state index is 12.6. The van der Waals surface area contributed by atoms with Crippen molar-refractivity contribution in [2.45, 2.75) is 5.60 Å². The lowest BCUT2D eigenvalue weighted by Crippen LogP contribution is -2.49. The lowest BCUT2D eigenvalue weighted by Gasteiger charge is -2.28. The second-order valence-electron chi connectivity index (χ2n) is 7.45. The highest BCUT2D eigenvalue weighted by atomic mass is 16.5. The molecule has 31 heavy (non-hydrogen) atoms. The Kier molecular flexibility index (Phi) is 5.69. The molecule has 4 rings (SSSR count). The Morgan fingerprint density at radius 3 is 2.26 bits per heavy atom. The SMILES string of the molecule is COc1cccc(C(O)(C(=Nc2ccccc2)c2ccccc2)c2n(C)cc[n+]2C)c1. The molecule has 0 radical (unpaired) electrons. The van der Waals surface area contributed by atoms with Crippen molar-refractivity contribution in [3.8, 4) is 5.75 Å². The molecule has 4 aromatic rings. The monoisotopic (exact) mass is 412 g/mol. The summed E-state index contributed by atoms with van der Waals surface area (Å²) in [6.07, 6.45) is 3.84. The van der Waals surface area contributed by atoms with Crippen LogP contribution in [0.3, 0.4) is 0 Å². The van der Waals surface area contributed by atoms with Crippen LogP contribution in [0.5, 0.6) is 5.75 Å². The molecular weight excluding hydrogens is 386 g/mol. The molecule has 156 valence electrons. The molecule has 1 heterocycles. The van der Waals surface area contributed by atoms with E-state index in [2.05, 4.69) is 0 Å². The van der Waals surface area contributed by atoms with Gasteiger partial charge in [0.1, 0.15) is 18.1 Å². The number of benzene rings is 3. The van der Waals surface area contributed by atoms with Crippen LogP contribution in [0, 0.1) is 0 Å². The number of hydrogen-bond donors (Lipinski definition) is 1. The fraction of sp³-hybridized carbons (Fsp3) is 0.154. The van der Waals surface area contributed by atoms with Gasteiger partial charge >= 0.3 is 0 Å². The van der Waals surface area contributed by atoms with E-state index in [9.17, 15) is 5.11 Å². The van der Waals surface area contributed by atoms with E-state index in [0.717, 1.165) is 11.3 Å². The summed E-state index contributed by atoms with van der Waals surface area (Å²) in [5, 5.41) is 12.6. The van der Waals surface area contributed by atoms with Gasteiger partial charge in [0.15, 0.2) is 0 Å². The summed E-state index contributed by atoms with van der Waals surface area (Å²) in [6.45, 7) is 0. The van der Waals surface area contributed by atoms with Crippen molar-refractivity contribution in [1.29, 1.82) is 0 Å². The largest absolute Gasteiger partial charge is 0.497 e. The number of imidazole rings is 1. The summed E-state index contributed by atoms with van der Waals surface area (Å²) in [5.41, 5.74) is 1.25. The second-order valence-corrected chi connectivity index (χ2v) is 7.45. The van der Waals surface area contributed by atoms with E-state index in [1.807, 2.05) is 121 Å². The summed E-state index contributed by atoms with van der Waals surface area (Å²) in [7, 11) is 5.47. The molecule has 0 bridgehead atoms. The molecule has 3 aromatic carbocycles. The minimum absolute atomic E-state index is 0.532. The standard InChI is InChI=1S/C26H26N3O2/c1-28-17-18-29(2)25(28)26(30,21-13-10-16-23(19-21)31-3)24(20-11-6-4-7-12-20)27-22-14-8-5-9-15-22/h4-19,30H,1-3H3/q+1. The first-order valence-electron chi connectivity index (χ1n) is 10.1.